The molecule has 2 aliphatic heterocycles. The van der Waals surface area contributed by atoms with Crippen LogP contribution in [0.2, 0.25) is 0 Å². The maximum Gasteiger partial charge on any atom is 0.338 e. The van der Waals surface area contributed by atoms with Crippen LogP contribution in [-0.2, 0) is 19.1 Å². The van der Waals surface area contributed by atoms with Gasteiger partial charge in [-0.15, -0.1) is 5.73 Å². The molecule has 0 aliphatic carbocycles. The molecule has 0 radical (unpaired) electrons. The molecular formula is C14H18N2O4. The molecule has 108 valence electrons. The molecule has 2 rings (SSSR count). The fourth-order valence-corrected chi connectivity index (χ4v) is 2.53. The van der Waals surface area contributed by atoms with Crippen molar-refractivity contribution in [2.24, 2.45) is 0 Å². The molecule has 0 N–H and O–H groups in total. The number of amides is 2. The van der Waals surface area contributed by atoms with E-state index in [0.29, 0.717) is 13.0 Å². The molecule has 20 heavy (non-hydrogen) atoms. The van der Waals surface area contributed by atoms with Crippen molar-refractivity contribution in [1.29, 1.82) is 0 Å². The van der Waals surface area contributed by atoms with Gasteiger partial charge in [-0.3, -0.25) is 14.5 Å². The number of hydrogen-bond acceptors (Lipinski definition) is 4. The molecule has 1 unspecified atom stereocenters. The lowest BCUT2D eigenvalue weighted by molar-refractivity contribution is -0.166. The third-order valence-corrected chi connectivity index (χ3v) is 3.50. The van der Waals surface area contributed by atoms with Crippen molar-refractivity contribution < 1.29 is 19.1 Å². The SMILES string of the molecule is COC(=O)C1C(=O)N2CCC[C@H]2C(=O)N1C=C=C(C)C. The highest BCUT2D eigenvalue weighted by Crippen LogP contribution is 2.27. The highest BCUT2D eigenvalue weighted by molar-refractivity contribution is 6.09. The molecule has 0 saturated carbocycles. The molecular weight excluding hydrogens is 260 g/mol. The van der Waals surface area contributed by atoms with E-state index in [1.807, 2.05) is 13.8 Å². The minimum Gasteiger partial charge on any atom is -0.467 e. The number of allylic oxidation sites excluding steroid dienone is 1. The molecule has 0 bridgehead atoms. The Morgan fingerprint density at radius 3 is 2.65 bits per heavy atom. The summed E-state index contributed by atoms with van der Waals surface area (Å²) < 4.78 is 4.66. The number of rotatable bonds is 2. The van der Waals surface area contributed by atoms with Gasteiger partial charge in [-0.1, -0.05) is 0 Å². The topological polar surface area (TPSA) is 66.9 Å². The van der Waals surface area contributed by atoms with Gasteiger partial charge in [0.1, 0.15) is 6.04 Å². The first-order valence-corrected chi connectivity index (χ1v) is 6.58. The molecule has 0 aromatic heterocycles. The summed E-state index contributed by atoms with van der Waals surface area (Å²) in [6.45, 7) is 4.16. The molecule has 2 aliphatic rings. The lowest BCUT2D eigenvalue weighted by atomic mass is 10.1. The Balaban J connectivity index is 2.42. The largest absolute Gasteiger partial charge is 0.467 e. The summed E-state index contributed by atoms with van der Waals surface area (Å²) in [6.07, 6.45) is 2.79. The van der Waals surface area contributed by atoms with Crippen molar-refractivity contribution in [3.8, 4) is 0 Å². The summed E-state index contributed by atoms with van der Waals surface area (Å²) in [7, 11) is 1.21. The van der Waals surface area contributed by atoms with E-state index in [1.165, 1.54) is 18.2 Å². The summed E-state index contributed by atoms with van der Waals surface area (Å²) in [6, 6.07) is -1.69. The lowest BCUT2D eigenvalue weighted by Crippen LogP contribution is -2.63. The first-order chi connectivity index (χ1) is 9.47. The Morgan fingerprint density at radius 1 is 1.35 bits per heavy atom. The van der Waals surface area contributed by atoms with Gasteiger partial charge in [-0.05, 0) is 32.3 Å². The molecule has 2 fully saturated rings. The zero-order valence-electron chi connectivity index (χ0n) is 11.9. The van der Waals surface area contributed by atoms with Crippen LogP contribution in [0.15, 0.2) is 17.5 Å². The van der Waals surface area contributed by atoms with Crippen LogP contribution in [0, 0.1) is 0 Å². The summed E-state index contributed by atoms with van der Waals surface area (Å²) in [4.78, 5) is 39.3. The third kappa shape index (κ3) is 2.34. The second kappa shape index (κ2) is 5.51. The Labute approximate surface area is 117 Å². The predicted octanol–water partition coefficient (Wildman–Crippen LogP) is 0.440. The molecule has 2 heterocycles. The molecule has 6 heteroatoms. The van der Waals surface area contributed by atoms with Crippen molar-refractivity contribution in [2.75, 3.05) is 13.7 Å². The molecule has 2 atom stereocenters. The van der Waals surface area contributed by atoms with Crippen LogP contribution in [0.4, 0.5) is 0 Å². The maximum absolute atomic E-state index is 12.4. The minimum atomic E-state index is -1.23. The van der Waals surface area contributed by atoms with Gasteiger partial charge in [0, 0.05) is 6.54 Å². The first-order valence-electron chi connectivity index (χ1n) is 6.58. The quantitative estimate of drug-likeness (QED) is 0.417. The molecule has 0 spiro atoms. The van der Waals surface area contributed by atoms with E-state index in [9.17, 15) is 14.4 Å². The van der Waals surface area contributed by atoms with Crippen LogP contribution >= 0.6 is 0 Å². The maximum atomic E-state index is 12.4. The highest BCUT2D eigenvalue weighted by Gasteiger charge is 2.50. The van der Waals surface area contributed by atoms with Crippen molar-refractivity contribution in [3.05, 3.63) is 17.5 Å². The van der Waals surface area contributed by atoms with Gasteiger partial charge in [0.2, 0.25) is 6.04 Å². The van der Waals surface area contributed by atoms with Gasteiger partial charge < -0.3 is 9.64 Å². The van der Waals surface area contributed by atoms with Gasteiger partial charge in [0.05, 0.1) is 13.3 Å². The smallest absolute Gasteiger partial charge is 0.338 e. The number of fused-ring (bicyclic) bond motifs is 1. The molecule has 2 saturated heterocycles. The first kappa shape index (κ1) is 14.3. The average Bonchev–Trinajstić information content (AvgIpc) is 2.90. The highest BCUT2D eigenvalue weighted by atomic mass is 16.5. The number of esters is 1. The van der Waals surface area contributed by atoms with E-state index in [1.54, 1.807) is 0 Å². The molecule has 0 aromatic rings. The second-order valence-electron chi connectivity index (χ2n) is 5.13. The van der Waals surface area contributed by atoms with Crippen molar-refractivity contribution in [3.63, 3.8) is 0 Å². The standard InChI is InChI=1S/C14H18N2O4/c1-9(2)6-8-16-11(14(19)20-3)13(18)15-7-4-5-10(15)12(16)17/h8,10-11H,4-5,7H2,1-3H3/t10-,11?/m0/s1. The van der Waals surface area contributed by atoms with Gasteiger partial charge in [-0.2, -0.15) is 0 Å². The number of nitrogens with zero attached hydrogens (tertiary/aromatic N) is 2. The Hall–Kier alpha value is -2.07. The normalized spacial score (nSPS) is 25.1. The Kier molecular flexibility index (Phi) is 3.95. The number of hydrogen-bond donors (Lipinski definition) is 0. The van der Waals surface area contributed by atoms with E-state index in [4.69, 9.17) is 0 Å². The Morgan fingerprint density at radius 2 is 2.05 bits per heavy atom. The third-order valence-electron chi connectivity index (χ3n) is 3.50. The van der Waals surface area contributed by atoms with Crippen LogP contribution in [0.3, 0.4) is 0 Å². The van der Waals surface area contributed by atoms with E-state index in [2.05, 4.69) is 10.5 Å². The van der Waals surface area contributed by atoms with Gasteiger partial charge in [0.25, 0.3) is 11.8 Å². The minimum absolute atomic E-state index is 0.244. The van der Waals surface area contributed by atoms with Crippen LogP contribution in [0.5, 0.6) is 0 Å². The van der Waals surface area contributed by atoms with Crippen LogP contribution in [0.25, 0.3) is 0 Å². The van der Waals surface area contributed by atoms with Gasteiger partial charge >= 0.3 is 5.97 Å². The molecule has 6 nitrogen and oxygen atoms in total. The van der Waals surface area contributed by atoms with Crippen molar-refractivity contribution in [1.82, 2.24) is 9.80 Å². The van der Waals surface area contributed by atoms with E-state index >= 15 is 0 Å². The average molecular weight is 278 g/mol. The van der Waals surface area contributed by atoms with Crippen LogP contribution in [0.1, 0.15) is 26.7 Å². The summed E-state index contributed by atoms with van der Waals surface area (Å²) >= 11 is 0. The fourth-order valence-electron chi connectivity index (χ4n) is 2.53. The van der Waals surface area contributed by atoms with E-state index in [-0.39, 0.29) is 11.8 Å². The number of carbonyl (C=O) groups excluding carboxylic acids is 3. The monoisotopic (exact) mass is 278 g/mol. The fraction of sp³-hybridized carbons (Fsp3) is 0.571. The predicted molar refractivity (Wildman–Crippen MR) is 70.3 cm³/mol. The summed E-state index contributed by atoms with van der Waals surface area (Å²) in [5, 5.41) is 0. The molecule has 2 amide bonds. The van der Waals surface area contributed by atoms with E-state index < -0.39 is 18.1 Å². The second-order valence-corrected chi connectivity index (χ2v) is 5.13. The number of methoxy groups -OCH3 is 1. The zero-order chi connectivity index (χ0) is 14.9. The van der Waals surface area contributed by atoms with Gasteiger partial charge in [-0.25, -0.2) is 4.79 Å². The number of piperazine rings is 1. The number of carbonyl (C=O) groups is 3. The zero-order valence-corrected chi connectivity index (χ0v) is 11.9. The van der Waals surface area contributed by atoms with E-state index in [0.717, 1.165) is 16.9 Å². The van der Waals surface area contributed by atoms with Crippen LogP contribution in [-0.4, -0.2) is 53.3 Å². The van der Waals surface area contributed by atoms with Gasteiger partial charge in [0.15, 0.2) is 0 Å². The Bertz CT molecular complexity index is 515. The number of ether oxygens (including phenoxy) is 1. The van der Waals surface area contributed by atoms with Crippen molar-refractivity contribution in [2.45, 2.75) is 38.8 Å². The molecule has 0 aromatic carbocycles. The van der Waals surface area contributed by atoms with Crippen LogP contribution < -0.4 is 0 Å². The van der Waals surface area contributed by atoms with Crippen molar-refractivity contribution >= 4 is 17.8 Å². The summed E-state index contributed by atoms with van der Waals surface area (Å²) in [5.74, 6) is -1.34. The lowest BCUT2D eigenvalue weighted by Gasteiger charge is -2.38. The summed E-state index contributed by atoms with van der Waals surface area (Å²) in [5.41, 5.74) is 3.72.